The highest BCUT2D eigenvalue weighted by molar-refractivity contribution is 6.33. The summed E-state index contributed by atoms with van der Waals surface area (Å²) in [7, 11) is 0. The highest BCUT2D eigenvalue weighted by Gasteiger charge is 2.43. The fourth-order valence-corrected chi connectivity index (χ4v) is 1.72. The third-order valence-corrected chi connectivity index (χ3v) is 3.26. The molecule has 0 atom stereocenters. The molecule has 1 saturated carbocycles. The Morgan fingerprint density at radius 3 is 2.81 bits per heavy atom. The highest BCUT2D eigenvalue weighted by atomic mass is 35.5. The summed E-state index contributed by atoms with van der Waals surface area (Å²) in [6.07, 6.45) is 2.71. The molecule has 0 heterocycles. The van der Waals surface area contributed by atoms with Crippen LogP contribution >= 0.6 is 11.6 Å². The van der Waals surface area contributed by atoms with Crippen molar-refractivity contribution >= 4 is 17.3 Å². The second kappa shape index (κ2) is 4.23. The Bertz CT molecular complexity index is 435. The van der Waals surface area contributed by atoms with Crippen LogP contribution in [0.25, 0.3) is 0 Å². The third-order valence-electron chi connectivity index (χ3n) is 2.93. The Labute approximate surface area is 99.8 Å². The molecule has 1 aliphatic carbocycles. The summed E-state index contributed by atoms with van der Waals surface area (Å²) in [5.74, 6) is 0.711. The molecule has 0 spiro atoms. The first kappa shape index (κ1) is 11.1. The van der Waals surface area contributed by atoms with Crippen molar-refractivity contribution in [3.8, 4) is 11.8 Å². The van der Waals surface area contributed by atoms with Gasteiger partial charge in [0.25, 0.3) is 0 Å². The fraction of sp³-hybridized carbons (Fsp3) is 0.417. The highest BCUT2D eigenvalue weighted by Crippen LogP contribution is 2.48. The molecule has 0 radical (unpaired) electrons. The molecule has 0 aliphatic heterocycles. The summed E-state index contributed by atoms with van der Waals surface area (Å²) in [5, 5.41) is 9.18. The maximum absolute atomic E-state index is 8.68. The van der Waals surface area contributed by atoms with Gasteiger partial charge in [0.2, 0.25) is 0 Å². The second-order valence-corrected chi connectivity index (χ2v) is 4.71. The molecule has 1 fully saturated rings. The summed E-state index contributed by atoms with van der Waals surface area (Å²) in [4.78, 5) is 0. The van der Waals surface area contributed by atoms with E-state index in [1.807, 2.05) is 0 Å². The fourth-order valence-electron chi connectivity index (χ4n) is 1.55. The maximum atomic E-state index is 8.68. The zero-order chi connectivity index (χ0) is 11.6. The first-order valence-electron chi connectivity index (χ1n) is 5.20. The number of hydrogen-bond acceptors (Lipinski definition) is 3. The van der Waals surface area contributed by atoms with Gasteiger partial charge in [0.1, 0.15) is 5.75 Å². The van der Waals surface area contributed by atoms with Crippen LogP contribution in [0.15, 0.2) is 18.2 Å². The topological polar surface area (TPSA) is 59.0 Å². The van der Waals surface area contributed by atoms with E-state index in [0.717, 1.165) is 12.8 Å². The van der Waals surface area contributed by atoms with Gasteiger partial charge in [0, 0.05) is 17.9 Å². The van der Waals surface area contributed by atoms with Crippen LogP contribution in [0.3, 0.4) is 0 Å². The number of benzene rings is 1. The smallest absolute Gasteiger partial charge is 0.120 e. The third kappa shape index (κ3) is 2.40. The molecule has 84 valence electrons. The molecule has 16 heavy (non-hydrogen) atoms. The number of ether oxygens (including phenoxy) is 1. The summed E-state index contributed by atoms with van der Waals surface area (Å²) < 4.78 is 5.63. The lowest BCUT2D eigenvalue weighted by Crippen LogP contribution is -2.12. The van der Waals surface area contributed by atoms with Crippen molar-refractivity contribution in [2.24, 2.45) is 5.41 Å². The Balaban J connectivity index is 1.95. The van der Waals surface area contributed by atoms with Crippen molar-refractivity contribution < 1.29 is 4.74 Å². The van der Waals surface area contributed by atoms with Gasteiger partial charge < -0.3 is 10.5 Å². The first-order valence-corrected chi connectivity index (χ1v) is 5.58. The van der Waals surface area contributed by atoms with Crippen LogP contribution < -0.4 is 10.5 Å². The van der Waals surface area contributed by atoms with E-state index in [-0.39, 0.29) is 5.41 Å². The van der Waals surface area contributed by atoms with Gasteiger partial charge in [-0.15, -0.1) is 0 Å². The summed E-state index contributed by atoms with van der Waals surface area (Å²) >= 11 is 5.88. The minimum Gasteiger partial charge on any atom is -0.493 e. The van der Waals surface area contributed by atoms with Crippen molar-refractivity contribution in [3.05, 3.63) is 23.2 Å². The van der Waals surface area contributed by atoms with E-state index in [4.69, 9.17) is 27.3 Å². The van der Waals surface area contributed by atoms with Gasteiger partial charge in [-0.25, -0.2) is 0 Å². The quantitative estimate of drug-likeness (QED) is 0.818. The molecular formula is C12H13ClN2O. The Morgan fingerprint density at radius 2 is 2.25 bits per heavy atom. The van der Waals surface area contributed by atoms with Crippen LogP contribution in [0.5, 0.6) is 5.75 Å². The molecule has 0 amide bonds. The standard InChI is InChI=1S/C12H13ClN2O/c13-10-7-9(1-2-11(10)15)16-8-12(3-4-12)5-6-14/h1-2,7H,3-5,8,15H2. The Kier molecular flexibility index (Phi) is 2.93. The average molecular weight is 237 g/mol. The predicted octanol–water partition coefficient (Wildman–Crippen LogP) is 2.99. The lowest BCUT2D eigenvalue weighted by molar-refractivity contribution is 0.237. The number of rotatable bonds is 4. The number of hydrogen-bond donors (Lipinski definition) is 1. The van der Waals surface area contributed by atoms with Crippen LogP contribution in [0.2, 0.25) is 5.02 Å². The molecule has 0 unspecified atom stereocenters. The van der Waals surface area contributed by atoms with E-state index in [1.54, 1.807) is 18.2 Å². The van der Waals surface area contributed by atoms with Crippen molar-refractivity contribution in [2.45, 2.75) is 19.3 Å². The molecule has 1 aromatic carbocycles. The summed E-state index contributed by atoms with van der Waals surface area (Å²) in [6, 6.07) is 7.43. The van der Waals surface area contributed by atoms with Gasteiger partial charge in [-0.1, -0.05) is 11.6 Å². The van der Waals surface area contributed by atoms with Crippen molar-refractivity contribution in [1.29, 1.82) is 5.26 Å². The number of halogens is 1. The van der Waals surface area contributed by atoms with E-state index < -0.39 is 0 Å². The van der Waals surface area contributed by atoms with Crippen LogP contribution in [-0.2, 0) is 0 Å². The van der Waals surface area contributed by atoms with E-state index in [0.29, 0.717) is 29.5 Å². The first-order chi connectivity index (χ1) is 7.65. The zero-order valence-electron chi connectivity index (χ0n) is 8.87. The second-order valence-electron chi connectivity index (χ2n) is 4.31. The Hall–Kier alpha value is -1.40. The summed E-state index contributed by atoms with van der Waals surface area (Å²) in [5.41, 5.74) is 6.23. The molecule has 3 nitrogen and oxygen atoms in total. The van der Waals surface area contributed by atoms with Crippen molar-refractivity contribution in [1.82, 2.24) is 0 Å². The van der Waals surface area contributed by atoms with Gasteiger partial charge in [0.15, 0.2) is 0 Å². The number of nitrogens with zero attached hydrogens (tertiary/aromatic N) is 1. The normalized spacial score (nSPS) is 16.5. The molecule has 0 saturated heterocycles. The van der Waals surface area contributed by atoms with Crippen LogP contribution in [-0.4, -0.2) is 6.61 Å². The number of nitriles is 1. The average Bonchev–Trinajstić information content (AvgIpc) is 3.01. The molecule has 4 heteroatoms. The van der Waals surface area contributed by atoms with E-state index in [9.17, 15) is 0 Å². The van der Waals surface area contributed by atoms with Crippen LogP contribution in [0.1, 0.15) is 19.3 Å². The molecule has 0 bridgehead atoms. The van der Waals surface area contributed by atoms with E-state index in [1.165, 1.54) is 0 Å². The molecule has 1 aliphatic rings. The lowest BCUT2D eigenvalue weighted by atomic mass is 10.1. The van der Waals surface area contributed by atoms with Gasteiger partial charge in [0.05, 0.1) is 23.4 Å². The van der Waals surface area contributed by atoms with Gasteiger partial charge >= 0.3 is 0 Å². The zero-order valence-corrected chi connectivity index (χ0v) is 9.63. The van der Waals surface area contributed by atoms with Crippen LogP contribution in [0, 0.1) is 16.7 Å². The number of anilines is 1. The van der Waals surface area contributed by atoms with Crippen molar-refractivity contribution in [3.63, 3.8) is 0 Å². The van der Waals surface area contributed by atoms with Gasteiger partial charge in [-0.05, 0) is 25.0 Å². The van der Waals surface area contributed by atoms with E-state index >= 15 is 0 Å². The molecule has 2 rings (SSSR count). The Morgan fingerprint density at radius 1 is 1.50 bits per heavy atom. The number of nitrogens with two attached hydrogens (primary N) is 1. The predicted molar refractivity (Wildman–Crippen MR) is 63.3 cm³/mol. The molecule has 2 N–H and O–H groups in total. The lowest BCUT2D eigenvalue weighted by Gasteiger charge is -2.13. The number of nitrogen functional groups attached to an aromatic ring is 1. The summed E-state index contributed by atoms with van der Waals surface area (Å²) in [6.45, 7) is 0.584. The van der Waals surface area contributed by atoms with Gasteiger partial charge in [-0.3, -0.25) is 0 Å². The van der Waals surface area contributed by atoms with Crippen molar-refractivity contribution in [2.75, 3.05) is 12.3 Å². The molecular weight excluding hydrogens is 224 g/mol. The SMILES string of the molecule is N#CCC1(COc2ccc(N)c(Cl)c2)CC1. The van der Waals surface area contributed by atoms with Crippen LogP contribution in [0.4, 0.5) is 5.69 Å². The maximum Gasteiger partial charge on any atom is 0.120 e. The molecule has 1 aromatic rings. The molecule has 0 aromatic heterocycles. The largest absolute Gasteiger partial charge is 0.493 e. The minimum atomic E-state index is 0.0859. The monoisotopic (exact) mass is 236 g/mol. The minimum absolute atomic E-state index is 0.0859. The van der Waals surface area contributed by atoms with Gasteiger partial charge in [-0.2, -0.15) is 5.26 Å². The van der Waals surface area contributed by atoms with E-state index in [2.05, 4.69) is 6.07 Å².